The third-order valence-electron chi connectivity index (χ3n) is 3.68. The Morgan fingerprint density at radius 1 is 1.37 bits per heavy atom. The molecular formula is C12H25N3O3S. The van der Waals surface area contributed by atoms with E-state index in [-0.39, 0.29) is 12.5 Å². The number of amides is 1. The first kappa shape index (κ1) is 16.4. The first-order chi connectivity index (χ1) is 8.73. The third kappa shape index (κ3) is 5.46. The average molecular weight is 291 g/mol. The Labute approximate surface area is 115 Å². The molecule has 1 amide bonds. The summed E-state index contributed by atoms with van der Waals surface area (Å²) in [5.74, 6) is 0.306. The van der Waals surface area contributed by atoms with Gasteiger partial charge in [0.1, 0.15) is 0 Å². The molecule has 0 aromatic heterocycles. The molecule has 0 radical (unpaired) electrons. The van der Waals surface area contributed by atoms with Crippen LogP contribution in [0.1, 0.15) is 26.7 Å². The van der Waals surface area contributed by atoms with Crippen LogP contribution in [0.25, 0.3) is 0 Å². The lowest BCUT2D eigenvalue weighted by Crippen LogP contribution is -2.48. The highest BCUT2D eigenvalue weighted by molar-refractivity contribution is 7.88. The van der Waals surface area contributed by atoms with Crippen LogP contribution in [0.2, 0.25) is 0 Å². The van der Waals surface area contributed by atoms with Crippen molar-refractivity contribution in [2.45, 2.75) is 26.7 Å². The molecule has 1 aliphatic heterocycles. The summed E-state index contributed by atoms with van der Waals surface area (Å²) in [6.45, 7) is 6.32. The topological polar surface area (TPSA) is 87.3 Å². The van der Waals surface area contributed by atoms with Crippen LogP contribution in [-0.2, 0) is 14.8 Å². The molecule has 0 saturated carbocycles. The fraction of sp³-hybridized carbons (Fsp3) is 0.917. The maximum atomic E-state index is 12.2. The number of hydrogen-bond donors (Lipinski definition) is 3. The molecule has 1 aliphatic rings. The van der Waals surface area contributed by atoms with Crippen molar-refractivity contribution in [2.75, 3.05) is 32.4 Å². The molecule has 0 bridgehead atoms. The molecule has 0 aromatic carbocycles. The van der Waals surface area contributed by atoms with Gasteiger partial charge in [0.25, 0.3) is 0 Å². The number of hydrogen-bond acceptors (Lipinski definition) is 4. The largest absolute Gasteiger partial charge is 0.354 e. The maximum Gasteiger partial charge on any atom is 0.226 e. The lowest BCUT2D eigenvalue weighted by Gasteiger charge is -2.36. The zero-order chi connectivity index (χ0) is 14.5. The first-order valence-electron chi connectivity index (χ1n) is 6.67. The van der Waals surface area contributed by atoms with Crippen molar-refractivity contribution in [3.05, 3.63) is 0 Å². The summed E-state index contributed by atoms with van der Waals surface area (Å²) in [6.07, 6.45) is 3.25. The standard InChI is InChI=1S/C12H25N3O3S/c1-12(2,10-5-4-6-13-9-10)11(16)14-7-8-15-19(3,17)18/h10,13,15H,4-9H2,1-3H3,(H,14,16). The summed E-state index contributed by atoms with van der Waals surface area (Å²) in [6, 6.07) is 0. The summed E-state index contributed by atoms with van der Waals surface area (Å²) in [7, 11) is -3.19. The molecule has 112 valence electrons. The highest BCUT2D eigenvalue weighted by Crippen LogP contribution is 2.31. The van der Waals surface area contributed by atoms with E-state index in [1.165, 1.54) is 0 Å². The maximum absolute atomic E-state index is 12.2. The average Bonchev–Trinajstić information content (AvgIpc) is 2.34. The zero-order valence-electron chi connectivity index (χ0n) is 12.0. The van der Waals surface area contributed by atoms with E-state index in [1.807, 2.05) is 13.8 Å². The second-order valence-electron chi connectivity index (χ2n) is 5.69. The Morgan fingerprint density at radius 3 is 2.58 bits per heavy atom. The summed E-state index contributed by atoms with van der Waals surface area (Å²) in [4.78, 5) is 12.2. The normalized spacial score (nSPS) is 21.1. The van der Waals surface area contributed by atoms with Gasteiger partial charge in [-0.15, -0.1) is 0 Å². The van der Waals surface area contributed by atoms with Crippen LogP contribution < -0.4 is 15.4 Å². The van der Waals surface area contributed by atoms with Crippen LogP contribution in [0, 0.1) is 11.3 Å². The van der Waals surface area contributed by atoms with E-state index >= 15 is 0 Å². The number of rotatable bonds is 6. The van der Waals surface area contributed by atoms with Gasteiger partial charge in [0, 0.05) is 18.5 Å². The quantitative estimate of drug-likeness (QED) is 0.585. The van der Waals surface area contributed by atoms with Crippen LogP contribution in [0.4, 0.5) is 0 Å². The molecule has 1 atom stereocenters. The molecule has 0 aromatic rings. The molecule has 3 N–H and O–H groups in total. The number of carbonyl (C=O) groups excluding carboxylic acids is 1. The monoisotopic (exact) mass is 291 g/mol. The van der Waals surface area contributed by atoms with Crippen molar-refractivity contribution in [1.82, 2.24) is 15.4 Å². The smallest absolute Gasteiger partial charge is 0.226 e. The van der Waals surface area contributed by atoms with E-state index in [1.54, 1.807) is 0 Å². The van der Waals surface area contributed by atoms with Gasteiger partial charge in [-0.25, -0.2) is 13.1 Å². The van der Waals surface area contributed by atoms with Crippen molar-refractivity contribution in [3.63, 3.8) is 0 Å². The minimum atomic E-state index is -3.19. The highest BCUT2D eigenvalue weighted by Gasteiger charge is 2.36. The number of sulfonamides is 1. The molecule has 1 unspecified atom stereocenters. The van der Waals surface area contributed by atoms with Gasteiger partial charge >= 0.3 is 0 Å². The molecular weight excluding hydrogens is 266 g/mol. The molecule has 0 aliphatic carbocycles. The van der Waals surface area contributed by atoms with E-state index in [0.717, 1.165) is 32.2 Å². The zero-order valence-corrected chi connectivity index (χ0v) is 12.8. The Morgan fingerprint density at radius 2 is 2.05 bits per heavy atom. The summed E-state index contributed by atoms with van der Waals surface area (Å²) >= 11 is 0. The van der Waals surface area contributed by atoms with Gasteiger partial charge in [-0.2, -0.15) is 0 Å². The van der Waals surface area contributed by atoms with Gasteiger partial charge in [0.2, 0.25) is 15.9 Å². The molecule has 0 spiro atoms. The minimum absolute atomic E-state index is 0.0171. The first-order valence-corrected chi connectivity index (χ1v) is 8.56. The highest BCUT2D eigenvalue weighted by atomic mass is 32.2. The molecule has 7 heteroatoms. The molecule has 1 heterocycles. The third-order valence-corrected chi connectivity index (χ3v) is 4.41. The number of carbonyl (C=O) groups is 1. The summed E-state index contributed by atoms with van der Waals surface area (Å²) in [5.41, 5.74) is -0.432. The lowest BCUT2D eigenvalue weighted by atomic mass is 9.74. The van der Waals surface area contributed by atoms with E-state index in [9.17, 15) is 13.2 Å². The summed E-state index contributed by atoms with van der Waals surface area (Å²) < 4.78 is 24.1. The van der Waals surface area contributed by atoms with Crippen LogP contribution in [0.15, 0.2) is 0 Å². The van der Waals surface area contributed by atoms with Crippen molar-refractivity contribution in [1.29, 1.82) is 0 Å². The van der Waals surface area contributed by atoms with Crippen molar-refractivity contribution in [2.24, 2.45) is 11.3 Å². The van der Waals surface area contributed by atoms with E-state index < -0.39 is 15.4 Å². The lowest BCUT2D eigenvalue weighted by molar-refractivity contribution is -0.132. The van der Waals surface area contributed by atoms with Gasteiger partial charge in [-0.1, -0.05) is 13.8 Å². The second-order valence-corrected chi connectivity index (χ2v) is 7.52. The van der Waals surface area contributed by atoms with Crippen LogP contribution in [0.3, 0.4) is 0 Å². The number of piperidine rings is 1. The molecule has 6 nitrogen and oxygen atoms in total. The minimum Gasteiger partial charge on any atom is -0.354 e. The van der Waals surface area contributed by atoms with Gasteiger partial charge in [0.05, 0.1) is 6.26 Å². The van der Waals surface area contributed by atoms with Crippen LogP contribution >= 0.6 is 0 Å². The Balaban J connectivity index is 2.38. The predicted octanol–water partition coefficient (Wildman–Crippen LogP) is -0.322. The van der Waals surface area contributed by atoms with Crippen LogP contribution in [0.5, 0.6) is 0 Å². The van der Waals surface area contributed by atoms with Crippen molar-refractivity contribution in [3.8, 4) is 0 Å². The van der Waals surface area contributed by atoms with Gasteiger partial charge < -0.3 is 10.6 Å². The molecule has 1 rings (SSSR count). The molecule has 1 saturated heterocycles. The van der Waals surface area contributed by atoms with Gasteiger partial charge in [0.15, 0.2) is 0 Å². The van der Waals surface area contributed by atoms with Crippen molar-refractivity contribution >= 4 is 15.9 Å². The predicted molar refractivity (Wildman–Crippen MR) is 75.2 cm³/mol. The Bertz CT molecular complexity index is 400. The fourth-order valence-corrected chi connectivity index (χ4v) is 2.77. The van der Waals surface area contributed by atoms with Crippen molar-refractivity contribution < 1.29 is 13.2 Å². The van der Waals surface area contributed by atoms with E-state index in [2.05, 4.69) is 15.4 Å². The van der Waals surface area contributed by atoms with Crippen LogP contribution in [-0.4, -0.2) is 46.8 Å². The molecule has 19 heavy (non-hydrogen) atoms. The summed E-state index contributed by atoms with van der Waals surface area (Å²) in [5, 5.41) is 6.11. The Hall–Kier alpha value is -0.660. The van der Waals surface area contributed by atoms with E-state index in [0.29, 0.717) is 12.5 Å². The van der Waals surface area contributed by atoms with Gasteiger partial charge in [-0.3, -0.25) is 4.79 Å². The Kier molecular flexibility index (Phi) is 5.76. The second kappa shape index (κ2) is 6.67. The molecule has 1 fully saturated rings. The van der Waals surface area contributed by atoms with E-state index in [4.69, 9.17) is 0 Å². The van der Waals surface area contributed by atoms with Gasteiger partial charge in [-0.05, 0) is 31.8 Å². The fourth-order valence-electron chi connectivity index (χ4n) is 2.29. The number of nitrogens with one attached hydrogen (secondary N) is 3. The SMILES string of the molecule is CC(C)(C(=O)NCCNS(C)(=O)=O)C1CCCNC1.